The number of hydrogen-bond donors (Lipinski definition) is 0. The van der Waals surface area contributed by atoms with E-state index in [-0.39, 0.29) is 0 Å². The van der Waals surface area contributed by atoms with Gasteiger partial charge in [0, 0.05) is 32.7 Å². The van der Waals surface area contributed by atoms with E-state index < -0.39 is 0 Å². The summed E-state index contributed by atoms with van der Waals surface area (Å²) < 4.78 is 6.65. The Balaban J connectivity index is 1.19. The lowest BCUT2D eigenvalue weighted by Gasteiger charge is -2.15. The van der Waals surface area contributed by atoms with Crippen LogP contribution in [-0.4, -0.2) is 9.97 Å². The summed E-state index contributed by atoms with van der Waals surface area (Å²) in [6.07, 6.45) is 1.93. The monoisotopic (exact) mass is 598 g/mol. The van der Waals surface area contributed by atoms with Crippen LogP contribution in [0.25, 0.3) is 98.8 Å². The van der Waals surface area contributed by atoms with Crippen molar-refractivity contribution in [3.8, 4) is 33.5 Å². The molecule has 3 nitrogen and oxygen atoms in total. The van der Waals surface area contributed by atoms with Gasteiger partial charge in [-0.3, -0.25) is 4.98 Å². The number of furan rings is 1. The largest absolute Gasteiger partial charge is 0.455 e. The Hall–Kier alpha value is -6.32. The molecule has 2 heterocycles. The van der Waals surface area contributed by atoms with Crippen molar-refractivity contribution in [2.24, 2.45) is 0 Å². The topological polar surface area (TPSA) is 38.9 Å². The van der Waals surface area contributed by atoms with E-state index in [4.69, 9.17) is 14.4 Å². The van der Waals surface area contributed by atoms with Gasteiger partial charge in [0.15, 0.2) is 0 Å². The molecular formula is C44H26N2O. The van der Waals surface area contributed by atoms with Crippen LogP contribution in [0.15, 0.2) is 162 Å². The highest BCUT2D eigenvalue weighted by Gasteiger charge is 2.19. The molecule has 10 aromatic rings. The van der Waals surface area contributed by atoms with Gasteiger partial charge in [-0.2, -0.15) is 0 Å². The number of nitrogens with zero attached hydrogens (tertiary/aromatic N) is 2. The summed E-state index contributed by atoms with van der Waals surface area (Å²) in [5, 5.41) is 9.23. The molecule has 3 heteroatoms. The minimum atomic E-state index is 0.844. The molecule has 0 unspecified atom stereocenters. The van der Waals surface area contributed by atoms with Crippen LogP contribution in [0.2, 0.25) is 0 Å². The van der Waals surface area contributed by atoms with Gasteiger partial charge < -0.3 is 4.42 Å². The predicted molar refractivity (Wildman–Crippen MR) is 196 cm³/mol. The van der Waals surface area contributed by atoms with Gasteiger partial charge in [0.05, 0.1) is 22.9 Å². The maximum absolute atomic E-state index is 6.65. The van der Waals surface area contributed by atoms with Gasteiger partial charge in [-0.15, -0.1) is 0 Å². The third-order valence-electron chi connectivity index (χ3n) is 9.50. The maximum Gasteiger partial charge on any atom is 0.143 e. The summed E-state index contributed by atoms with van der Waals surface area (Å²) >= 11 is 0. The van der Waals surface area contributed by atoms with Crippen molar-refractivity contribution in [1.29, 1.82) is 0 Å². The summed E-state index contributed by atoms with van der Waals surface area (Å²) in [5.74, 6) is 0. The minimum absolute atomic E-state index is 0.844. The second-order valence-electron chi connectivity index (χ2n) is 12.1. The van der Waals surface area contributed by atoms with E-state index in [1.165, 1.54) is 21.5 Å². The molecule has 10 rings (SSSR count). The van der Waals surface area contributed by atoms with Crippen molar-refractivity contribution in [3.63, 3.8) is 0 Å². The third kappa shape index (κ3) is 3.93. The fourth-order valence-electron chi connectivity index (χ4n) is 7.34. The average molecular weight is 599 g/mol. The molecule has 0 aliphatic carbocycles. The summed E-state index contributed by atoms with van der Waals surface area (Å²) in [6.45, 7) is 0. The number of fused-ring (bicyclic) bond motifs is 10. The number of aromatic nitrogens is 2. The van der Waals surface area contributed by atoms with Crippen LogP contribution in [0.4, 0.5) is 0 Å². The summed E-state index contributed by atoms with van der Waals surface area (Å²) in [4.78, 5) is 10.4. The van der Waals surface area contributed by atoms with E-state index in [1.54, 1.807) is 0 Å². The lowest BCUT2D eigenvalue weighted by Crippen LogP contribution is -1.94. The van der Waals surface area contributed by atoms with Gasteiger partial charge in [0.25, 0.3) is 0 Å². The molecule has 0 bridgehead atoms. The highest BCUT2D eigenvalue weighted by Crippen LogP contribution is 2.43. The van der Waals surface area contributed by atoms with Crippen molar-refractivity contribution >= 4 is 65.3 Å². The first kappa shape index (κ1) is 26.0. The molecule has 0 saturated carbocycles. The molecule has 0 spiro atoms. The lowest BCUT2D eigenvalue weighted by molar-refractivity contribution is 0.670. The fraction of sp³-hybridized carbons (Fsp3) is 0. The first-order valence-electron chi connectivity index (χ1n) is 15.9. The van der Waals surface area contributed by atoms with Gasteiger partial charge in [0.1, 0.15) is 11.2 Å². The molecule has 218 valence electrons. The zero-order valence-corrected chi connectivity index (χ0v) is 25.3. The van der Waals surface area contributed by atoms with Gasteiger partial charge in [-0.1, -0.05) is 140 Å². The van der Waals surface area contributed by atoms with E-state index in [0.29, 0.717) is 0 Å². The average Bonchev–Trinajstić information content (AvgIpc) is 3.51. The Morgan fingerprint density at radius 1 is 0.383 bits per heavy atom. The zero-order chi connectivity index (χ0) is 30.9. The third-order valence-corrected chi connectivity index (χ3v) is 9.50. The quantitative estimate of drug-likeness (QED) is 0.190. The van der Waals surface area contributed by atoms with Crippen molar-refractivity contribution in [2.45, 2.75) is 0 Å². The number of para-hydroxylation sites is 1. The molecule has 0 fully saturated rings. The maximum atomic E-state index is 6.65. The molecule has 0 saturated heterocycles. The molecule has 47 heavy (non-hydrogen) atoms. The SMILES string of the molecule is c1ccc(-c2ccccc2-c2cccc3c2oc2cc4ccccc4cc23)c(-c2cnc3c4ccccc4c4ccccc4c3n2)c1. The Morgan fingerprint density at radius 2 is 0.894 bits per heavy atom. The first-order chi connectivity index (χ1) is 23.3. The minimum Gasteiger partial charge on any atom is -0.455 e. The molecule has 0 aliphatic heterocycles. The molecule has 8 aromatic carbocycles. The van der Waals surface area contributed by atoms with Gasteiger partial charge in [-0.05, 0) is 50.4 Å². The predicted octanol–water partition coefficient (Wildman–Crippen LogP) is 12.0. The molecule has 0 aliphatic rings. The fourth-order valence-corrected chi connectivity index (χ4v) is 7.34. The second-order valence-corrected chi connectivity index (χ2v) is 12.1. The number of rotatable bonds is 3. The number of hydrogen-bond acceptors (Lipinski definition) is 3. The number of benzene rings is 8. The molecule has 0 N–H and O–H groups in total. The van der Waals surface area contributed by atoms with Gasteiger partial charge >= 0.3 is 0 Å². The Bertz CT molecular complexity index is 2830. The summed E-state index contributed by atoms with van der Waals surface area (Å²) in [5.41, 5.74) is 9.90. The van der Waals surface area contributed by atoms with E-state index in [9.17, 15) is 0 Å². The van der Waals surface area contributed by atoms with Crippen LogP contribution in [0.3, 0.4) is 0 Å². The highest BCUT2D eigenvalue weighted by atomic mass is 16.3. The summed E-state index contributed by atoms with van der Waals surface area (Å²) in [7, 11) is 0. The van der Waals surface area contributed by atoms with Crippen LogP contribution in [0, 0.1) is 0 Å². The van der Waals surface area contributed by atoms with Crippen molar-refractivity contribution < 1.29 is 4.42 Å². The van der Waals surface area contributed by atoms with Crippen LogP contribution in [-0.2, 0) is 0 Å². The standard InChI is InChI=1S/C44H26N2O/c1-2-13-28-25-41-39(24-27(28)12-1)38-23-11-22-37(44(38)47-41)33-18-4-3-14-29(33)30-15-5-8-19-34(30)40-26-45-42-35-20-9-6-16-31(35)32-17-7-10-21-36(32)43(42)46-40/h1-26H. The van der Waals surface area contributed by atoms with Crippen LogP contribution in [0.5, 0.6) is 0 Å². The Morgan fingerprint density at radius 3 is 1.62 bits per heavy atom. The second kappa shape index (κ2) is 10.1. The van der Waals surface area contributed by atoms with Crippen molar-refractivity contribution in [3.05, 3.63) is 158 Å². The normalized spacial score (nSPS) is 11.8. The van der Waals surface area contributed by atoms with Gasteiger partial charge in [0.2, 0.25) is 0 Å². The Labute approximate surface area is 270 Å². The van der Waals surface area contributed by atoms with Crippen molar-refractivity contribution in [2.75, 3.05) is 0 Å². The van der Waals surface area contributed by atoms with Crippen molar-refractivity contribution in [1.82, 2.24) is 9.97 Å². The van der Waals surface area contributed by atoms with E-state index in [1.807, 2.05) is 6.20 Å². The summed E-state index contributed by atoms with van der Waals surface area (Å²) in [6, 6.07) is 53.4. The molecule has 0 radical (unpaired) electrons. The smallest absolute Gasteiger partial charge is 0.143 e. The molecule has 0 amide bonds. The van der Waals surface area contributed by atoms with Crippen LogP contribution in [0.1, 0.15) is 0 Å². The zero-order valence-electron chi connectivity index (χ0n) is 25.3. The molecule has 2 aromatic heterocycles. The van der Waals surface area contributed by atoms with E-state index in [0.717, 1.165) is 77.3 Å². The lowest BCUT2D eigenvalue weighted by atomic mass is 9.90. The molecular weight excluding hydrogens is 572 g/mol. The highest BCUT2D eigenvalue weighted by molar-refractivity contribution is 6.23. The first-order valence-corrected chi connectivity index (χ1v) is 15.9. The Kier molecular flexibility index (Phi) is 5.57. The van der Waals surface area contributed by atoms with E-state index >= 15 is 0 Å². The van der Waals surface area contributed by atoms with Gasteiger partial charge in [-0.25, -0.2) is 4.98 Å². The van der Waals surface area contributed by atoms with Crippen LogP contribution >= 0.6 is 0 Å². The van der Waals surface area contributed by atoms with Crippen LogP contribution < -0.4 is 0 Å². The molecule has 0 atom stereocenters. The van der Waals surface area contributed by atoms with E-state index in [2.05, 4.69) is 152 Å².